The maximum atomic E-state index is 13.4. The number of aromatic nitrogens is 4. The van der Waals surface area contributed by atoms with Crippen LogP contribution >= 0.6 is 0 Å². The Bertz CT molecular complexity index is 628. The van der Waals surface area contributed by atoms with Gasteiger partial charge in [0, 0.05) is 14.1 Å². The van der Waals surface area contributed by atoms with Gasteiger partial charge < -0.3 is 20.5 Å². The molecule has 0 unspecified atom stereocenters. The van der Waals surface area contributed by atoms with Crippen molar-refractivity contribution in [3.63, 3.8) is 0 Å². The Morgan fingerprint density at radius 3 is 2.85 bits per heavy atom. The first-order valence-electron chi connectivity index (χ1n) is 5.53. The van der Waals surface area contributed by atoms with Crippen LogP contribution in [0, 0.1) is 5.82 Å². The topological polar surface area (TPSA) is 123 Å². The van der Waals surface area contributed by atoms with Crippen molar-refractivity contribution >= 4 is 17.7 Å². The van der Waals surface area contributed by atoms with Gasteiger partial charge in [0.15, 0.2) is 17.5 Å². The molecule has 10 heteroatoms. The zero-order chi connectivity index (χ0) is 14.7. The van der Waals surface area contributed by atoms with Crippen LogP contribution < -0.4 is 16.0 Å². The van der Waals surface area contributed by atoms with Crippen molar-refractivity contribution in [2.45, 2.75) is 6.54 Å². The number of amides is 1. The number of carbonyl (C=O) groups is 1. The number of nitrogens with zero attached hydrogens (tertiary/aromatic N) is 5. The highest BCUT2D eigenvalue weighted by molar-refractivity contribution is 5.87. The lowest BCUT2D eigenvalue weighted by molar-refractivity contribution is 0.0958. The average molecular weight is 281 g/mol. The smallest absolute Gasteiger partial charge is 0.315 e. The fourth-order valence-electron chi connectivity index (χ4n) is 1.34. The predicted molar refractivity (Wildman–Crippen MR) is 66.5 cm³/mol. The molecular weight excluding hydrogens is 269 g/mol. The number of hydrogen-bond donors (Lipinski definition) is 2. The van der Waals surface area contributed by atoms with Gasteiger partial charge in [-0.2, -0.15) is 9.97 Å². The average Bonchev–Trinajstić information content (AvgIpc) is 2.86. The van der Waals surface area contributed by atoms with Crippen LogP contribution in [0.2, 0.25) is 0 Å². The van der Waals surface area contributed by atoms with Crippen LogP contribution in [0.5, 0.6) is 0 Å². The van der Waals surface area contributed by atoms with Gasteiger partial charge in [-0.25, -0.2) is 9.37 Å². The van der Waals surface area contributed by atoms with E-state index in [1.807, 2.05) is 0 Å². The third-order valence-corrected chi connectivity index (χ3v) is 2.23. The van der Waals surface area contributed by atoms with Crippen molar-refractivity contribution < 1.29 is 13.7 Å². The van der Waals surface area contributed by atoms with Crippen molar-refractivity contribution in [1.29, 1.82) is 0 Å². The van der Waals surface area contributed by atoms with Crippen molar-refractivity contribution in [2.24, 2.45) is 5.73 Å². The lowest BCUT2D eigenvalue weighted by Gasteiger charge is -2.12. The van der Waals surface area contributed by atoms with Gasteiger partial charge in [-0.05, 0) is 0 Å². The number of nitrogens with one attached hydrogen (secondary N) is 1. The highest BCUT2D eigenvalue weighted by atomic mass is 19.1. The monoisotopic (exact) mass is 281 g/mol. The molecule has 0 fully saturated rings. The minimum Gasteiger partial charge on any atom is -0.361 e. The van der Waals surface area contributed by atoms with E-state index in [9.17, 15) is 9.18 Å². The Balaban J connectivity index is 2.06. The molecule has 2 aromatic heterocycles. The van der Waals surface area contributed by atoms with Crippen LogP contribution in [0.3, 0.4) is 0 Å². The predicted octanol–water partition coefficient (Wildman–Crippen LogP) is -0.224. The maximum absolute atomic E-state index is 13.4. The molecule has 0 aliphatic heterocycles. The van der Waals surface area contributed by atoms with E-state index in [0.29, 0.717) is 0 Å². The van der Waals surface area contributed by atoms with E-state index < -0.39 is 11.7 Å². The fraction of sp³-hybridized carbons (Fsp3) is 0.300. The molecule has 106 valence electrons. The summed E-state index contributed by atoms with van der Waals surface area (Å²) in [4.78, 5) is 23.8. The van der Waals surface area contributed by atoms with E-state index in [2.05, 4.69) is 29.9 Å². The van der Waals surface area contributed by atoms with Gasteiger partial charge in [0.1, 0.15) is 0 Å². The third kappa shape index (κ3) is 2.96. The minimum absolute atomic E-state index is 0.106. The Morgan fingerprint density at radius 2 is 2.25 bits per heavy atom. The highest BCUT2D eigenvalue weighted by Crippen LogP contribution is 2.14. The Kier molecular flexibility index (Phi) is 3.73. The molecule has 1 amide bonds. The summed E-state index contributed by atoms with van der Waals surface area (Å²) in [6, 6.07) is 0. The van der Waals surface area contributed by atoms with Crippen molar-refractivity contribution in [2.75, 3.05) is 24.3 Å². The van der Waals surface area contributed by atoms with Gasteiger partial charge in [-0.15, -0.1) is 0 Å². The molecule has 0 aliphatic rings. The molecule has 0 atom stereocenters. The summed E-state index contributed by atoms with van der Waals surface area (Å²) < 4.78 is 18.0. The second kappa shape index (κ2) is 5.47. The Morgan fingerprint density at radius 1 is 1.50 bits per heavy atom. The summed E-state index contributed by atoms with van der Waals surface area (Å²) >= 11 is 0. The van der Waals surface area contributed by atoms with Crippen LogP contribution in [0.25, 0.3) is 0 Å². The molecule has 3 N–H and O–H groups in total. The first-order chi connectivity index (χ1) is 9.47. The summed E-state index contributed by atoms with van der Waals surface area (Å²) in [5.74, 6) is -1.07. The summed E-state index contributed by atoms with van der Waals surface area (Å²) in [6.07, 6.45) is 1.05. The van der Waals surface area contributed by atoms with E-state index in [1.54, 1.807) is 14.1 Å². The first kappa shape index (κ1) is 13.6. The molecule has 0 aromatic carbocycles. The highest BCUT2D eigenvalue weighted by Gasteiger charge is 2.12. The standard InChI is InChI=1S/C10H12FN7O2/c1-18(2)8-5(11)3-13-10(16-8)14-4-6-15-9(7(12)19)20-17-6/h3H,4H2,1-2H3,(H2,12,19)(H,13,14,16). The fourth-order valence-corrected chi connectivity index (χ4v) is 1.34. The quantitative estimate of drug-likeness (QED) is 0.770. The Labute approximate surface area is 113 Å². The van der Waals surface area contributed by atoms with Gasteiger partial charge in [0.2, 0.25) is 5.95 Å². The maximum Gasteiger partial charge on any atom is 0.315 e. The number of halogens is 1. The molecule has 0 bridgehead atoms. The number of rotatable bonds is 5. The van der Waals surface area contributed by atoms with Crippen LogP contribution in [-0.4, -0.2) is 40.1 Å². The molecule has 20 heavy (non-hydrogen) atoms. The first-order valence-corrected chi connectivity index (χ1v) is 5.53. The van der Waals surface area contributed by atoms with Crippen molar-refractivity contribution in [1.82, 2.24) is 20.1 Å². The molecule has 2 aromatic rings. The summed E-state index contributed by atoms with van der Waals surface area (Å²) in [5.41, 5.74) is 4.98. The van der Waals surface area contributed by atoms with E-state index in [1.165, 1.54) is 4.90 Å². The number of primary amides is 1. The molecule has 2 heterocycles. The van der Waals surface area contributed by atoms with Gasteiger partial charge in [0.05, 0.1) is 12.7 Å². The van der Waals surface area contributed by atoms with E-state index in [0.717, 1.165) is 6.20 Å². The molecule has 0 saturated carbocycles. The third-order valence-electron chi connectivity index (χ3n) is 2.23. The lowest BCUT2D eigenvalue weighted by Crippen LogP contribution is -2.15. The van der Waals surface area contributed by atoms with Crippen molar-refractivity contribution in [3.8, 4) is 0 Å². The summed E-state index contributed by atoms with van der Waals surface area (Å²) in [6.45, 7) is 0.106. The van der Waals surface area contributed by atoms with E-state index >= 15 is 0 Å². The summed E-state index contributed by atoms with van der Waals surface area (Å²) in [7, 11) is 3.32. The van der Waals surface area contributed by atoms with Gasteiger partial charge in [-0.3, -0.25) is 4.79 Å². The molecule has 0 aliphatic carbocycles. The van der Waals surface area contributed by atoms with Crippen LogP contribution in [0.1, 0.15) is 16.5 Å². The lowest BCUT2D eigenvalue weighted by atomic mass is 10.5. The Hall–Kier alpha value is -2.78. The zero-order valence-corrected chi connectivity index (χ0v) is 10.8. The molecule has 0 spiro atoms. The second-order valence-electron chi connectivity index (χ2n) is 3.99. The van der Waals surface area contributed by atoms with Crippen LogP contribution in [0.15, 0.2) is 10.7 Å². The second-order valence-corrected chi connectivity index (χ2v) is 3.99. The molecule has 0 radical (unpaired) electrons. The van der Waals surface area contributed by atoms with E-state index in [-0.39, 0.29) is 30.0 Å². The number of carbonyl (C=O) groups excluding carboxylic acids is 1. The number of hydrogen-bond acceptors (Lipinski definition) is 8. The molecule has 0 saturated heterocycles. The normalized spacial score (nSPS) is 10.3. The van der Waals surface area contributed by atoms with Gasteiger partial charge in [-0.1, -0.05) is 5.16 Å². The largest absolute Gasteiger partial charge is 0.361 e. The molecular formula is C10H12FN7O2. The number of nitrogens with two attached hydrogens (primary N) is 1. The van der Waals surface area contributed by atoms with Crippen LogP contribution in [0.4, 0.5) is 16.2 Å². The SMILES string of the molecule is CN(C)c1nc(NCc2noc(C(N)=O)n2)ncc1F. The zero-order valence-electron chi connectivity index (χ0n) is 10.8. The van der Waals surface area contributed by atoms with Crippen molar-refractivity contribution in [3.05, 3.63) is 23.7 Å². The van der Waals surface area contributed by atoms with Gasteiger partial charge >= 0.3 is 11.8 Å². The summed E-state index contributed by atoms with van der Waals surface area (Å²) in [5, 5.41) is 6.32. The van der Waals surface area contributed by atoms with Gasteiger partial charge in [0.25, 0.3) is 0 Å². The minimum atomic E-state index is -0.809. The van der Waals surface area contributed by atoms with E-state index in [4.69, 9.17) is 5.73 Å². The van der Waals surface area contributed by atoms with Crippen LogP contribution in [-0.2, 0) is 6.54 Å². The molecule has 9 nitrogen and oxygen atoms in total. The molecule has 2 rings (SSSR count). The number of anilines is 2.